The Morgan fingerprint density at radius 2 is 1.87 bits per heavy atom. The van der Waals surface area contributed by atoms with Gasteiger partial charge >= 0.3 is 0 Å². The molecular weight excluding hydrogens is 358 g/mol. The minimum absolute atomic E-state index is 0.411. The van der Waals surface area contributed by atoms with Crippen molar-refractivity contribution in [2.24, 2.45) is 4.99 Å². The molecule has 120 valence electrons. The topological polar surface area (TPSA) is 40.0 Å². The van der Waals surface area contributed by atoms with E-state index in [1.807, 2.05) is 36.4 Å². The fourth-order valence-corrected chi connectivity index (χ4v) is 2.49. The molecule has 0 heterocycles. The normalized spacial score (nSPS) is 10.6. The molecule has 23 heavy (non-hydrogen) atoms. The van der Waals surface area contributed by atoms with Gasteiger partial charge in [-0.1, -0.05) is 12.7 Å². The third kappa shape index (κ3) is 4.60. The second kappa shape index (κ2) is 8.39. The maximum Gasteiger partial charge on any atom is 0.175 e. The Labute approximate surface area is 144 Å². The Morgan fingerprint density at radius 1 is 1.13 bits per heavy atom. The van der Waals surface area contributed by atoms with Gasteiger partial charge in [-0.15, -0.1) is 0 Å². The van der Waals surface area contributed by atoms with Gasteiger partial charge in [-0.3, -0.25) is 4.99 Å². The van der Waals surface area contributed by atoms with Crippen LogP contribution in [0.4, 0.5) is 5.69 Å². The first-order valence-corrected chi connectivity index (χ1v) is 7.76. The smallest absolute Gasteiger partial charge is 0.175 e. The van der Waals surface area contributed by atoms with Crippen molar-refractivity contribution in [3.05, 3.63) is 59.1 Å². The van der Waals surface area contributed by atoms with Gasteiger partial charge in [0.1, 0.15) is 12.4 Å². The van der Waals surface area contributed by atoms with Crippen LogP contribution < -0.4 is 14.2 Å². The van der Waals surface area contributed by atoms with E-state index in [9.17, 15) is 0 Å². The molecule has 0 bridgehead atoms. The van der Waals surface area contributed by atoms with Gasteiger partial charge in [0.2, 0.25) is 0 Å². The Kier molecular flexibility index (Phi) is 6.23. The molecule has 0 unspecified atom stereocenters. The molecule has 0 aliphatic carbocycles. The van der Waals surface area contributed by atoms with Gasteiger partial charge in [0.05, 0.1) is 24.4 Å². The predicted octanol–water partition coefficient (Wildman–Crippen LogP) is 4.78. The van der Waals surface area contributed by atoms with E-state index in [4.69, 9.17) is 14.2 Å². The van der Waals surface area contributed by atoms with Crippen LogP contribution in [-0.2, 0) is 0 Å². The van der Waals surface area contributed by atoms with Crippen molar-refractivity contribution in [1.82, 2.24) is 0 Å². The van der Waals surface area contributed by atoms with Crippen LogP contribution in [0, 0.1) is 0 Å². The van der Waals surface area contributed by atoms with Gasteiger partial charge in [0.15, 0.2) is 11.5 Å². The molecule has 2 aromatic rings. The van der Waals surface area contributed by atoms with E-state index >= 15 is 0 Å². The van der Waals surface area contributed by atoms with Crippen LogP contribution >= 0.6 is 15.9 Å². The zero-order chi connectivity index (χ0) is 16.7. The SMILES string of the molecule is C=CCOc1c(Br)cc(C=Nc2ccc(OC)cc2)cc1OC. The third-order valence-corrected chi connectivity index (χ3v) is 3.62. The predicted molar refractivity (Wildman–Crippen MR) is 96.6 cm³/mol. The largest absolute Gasteiger partial charge is 0.497 e. The number of ether oxygens (including phenoxy) is 3. The third-order valence-electron chi connectivity index (χ3n) is 3.03. The van der Waals surface area contributed by atoms with Crippen LogP contribution in [0.1, 0.15) is 5.56 Å². The molecule has 0 N–H and O–H groups in total. The Balaban J connectivity index is 2.23. The van der Waals surface area contributed by atoms with Crippen molar-refractivity contribution >= 4 is 27.8 Å². The van der Waals surface area contributed by atoms with Crippen LogP contribution in [0.15, 0.2) is 58.5 Å². The Bertz CT molecular complexity index is 696. The number of methoxy groups -OCH3 is 2. The van der Waals surface area contributed by atoms with Gasteiger partial charge < -0.3 is 14.2 Å². The first kappa shape index (κ1) is 17.1. The summed E-state index contributed by atoms with van der Waals surface area (Å²) in [6.07, 6.45) is 3.46. The number of benzene rings is 2. The van der Waals surface area contributed by atoms with E-state index in [1.54, 1.807) is 26.5 Å². The average molecular weight is 376 g/mol. The number of rotatable bonds is 7. The second-order valence-corrected chi connectivity index (χ2v) is 5.44. The molecule has 0 amide bonds. The zero-order valence-corrected chi connectivity index (χ0v) is 14.7. The molecule has 2 rings (SSSR count). The highest BCUT2D eigenvalue weighted by Gasteiger charge is 2.10. The summed E-state index contributed by atoms with van der Waals surface area (Å²) in [5.74, 6) is 2.09. The summed E-state index contributed by atoms with van der Waals surface area (Å²) in [6, 6.07) is 11.3. The molecule has 0 aromatic heterocycles. The van der Waals surface area contributed by atoms with Gasteiger partial charge in [-0.25, -0.2) is 0 Å². The first-order valence-electron chi connectivity index (χ1n) is 6.97. The molecule has 0 aliphatic rings. The molecule has 5 heteroatoms. The van der Waals surface area contributed by atoms with E-state index in [-0.39, 0.29) is 0 Å². The summed E-state index contributed by atoms with van der Waals surface area (Å²) in [4.78, 5) is 4.45. The molecule has 0 radical (unpaired) electrons. The van der Waals surface area contributed by atoms with Crippen LogP contribution in [0.25, 0.3) is 0 Å². The zero-order valence-electron chi connectivity index (χ0n) is 13.1. The van der Waals surface area contributed by atoms with Crippen molar-refractivity contribution in [3.63, 3.8) is 0 Å². The van der Waals surface area contributed by atoms with E-state index in [0.29, 0.717) is 18.1 Å². The highest BCUT2D eigenvalue weighted by molar-refractivity contribution is 9.10. The van der Waals surface area contributed by atoms with Gasteiger partial charge in [0, 0.05) is 6.21 Å². The van der Waals surface area contributed by atoms with E-state index < -0.39 is 0 Å². The lowest BCUT2D eigenvalue weighted by atomic mass is 10.2. The standard InChI is InChI=1S/C18H18BrNO3/c1-4-9-23-18-16(19)10-13(11-17(18)22-3)12-20-14-5-7-15(21-2)8-6-14/h4-8,10-12H,1,9H2,2-3H3. The number of halogens is 1. The molecule has 0 saturated heterocycles. The quantitative estimate of drug-likeness (QED) is 0.516. The summed E-state index contributed by atoms with van der Waals surface area (Å²) in [5, 5.41) is 0. The maximum absolute atomic E-state index is 5.60. The monoisotopic (exact) mass is 375 g/mol. The van der Waals surface area contributed by atoms with Crippen molar-refractivity contribution < 1.29 is 14.2 Å². The molecule has 0 saturated carbocycles. The van der Waals surface area contributed by atoms with Crippen LogP contribution in [0.5, 0.6) is 17.2 Å². The van der Waals surface area contributed by atoms with Gasteiger partial charge in [-0.2, -0.15) is 0 Å². The number of hydrogen-bond acceptors (Lipinski definition) is 4. The Hall–Kier alpha value is -2.27. The van der Waals surface area contributed by atoms with Crippen molar-refractivity contribution in [2.75, 3.05) is 20.8 Å². The van der Waals surface area contributed by atoms with Crippen molar-refractivity contribution in [3.8, 4) is 17.2 Å². The van der Waals surface area contributed by atoms with Crippen LogP contribution in [0.3, 0.4) is 0 Å². The molecular formula is C18H18BrNO3. The van der Waals surface area contributed by atoms with Crippen LogP contribution in [0.2, 0.25) is 0 Å². The van der Waals surface area contributed by atoms with Gasteiger partial charge in [-0.05, 0) is 57.9 Å². The fourth-order valence-electron chi connectivity index (χ4n) is 1.91. The fraction of sp³-hybridized carbons (Fsp3) is 0.167. The Morgan fingerprint density at radius 3 is 2.48 bits per heavy atom. The van der Waals surface area contributed by atoms with E-state index in [0.717, 1.165) is 21.5 Å². The number of nitrogens with zero attached hydrogens (tertiary/aromatic N) is 1. The van der Waals surface area contributed by atoms with Crippen LogP contribution in [-0.4, -0.2) is 27.0 Å². The van der Waals surface area contributed by atoms with E-state index in [1.165, 1.54) is 0 Å². The highest BCUT2D eigenvalue weighted by atomic mass is 79.9. The van der Waals surface area contributed by atoms with Crippen molar-refractivity contribution in [1.29, 1.82) is 0 Å². The summed E-state index contributed by atoms with van der Waals surface area (Å²) in [5.41, 5.74) is 1.74. The van der Waals surface area contributed by atoms with Crippen molar-refractivity contribution in [2.45, 2.75) is 0 Å². The lowest BCUT2D eigenvalue weighted by Crippen LogP contribution is -1.98. The minimum Gasteiger partial charge on any atom is -0.497 e. The molecule has 4 nitrogen and oxygen atoms in total. The second-order valence-electron chi connectivity index (χ2n) is 4.59. The summed E-state index contributed by atoms with van der Waals surface area (Å²) >= 11 is 3.50. The highest BCUT2D eigenvalue weighted by Crippen LogP contribution is 2.36. The van der Waals surface area contributed by atoms with Gasteiger partial charge in [0.25, 0.3) is 0 Å². The maximum atomic E-state index is 5.60. The molecule has 0 spiro atoms. The lowest BCUT2D eigenvalue weighted by Gasteiger charge is -2.12. The molecule has 0 aliphatic heterocycles. The average Bonchev–Trinajstić information content (AvgIpc) is 2.59. The summed E-state index contributed by atoms with van der Waals surface area (Å²) in [6.45, 7) is 4.05. The molecule has 0 atom stereocenters. The lowest BCUT2D eigenvalue weighted by molar-refractivity contribution is 0.324. The minimum atomic E-state index is 0.411. The molecule has 2 aromatic carbocycles. The summed E-state index contributed by atoms with van der Waals surface area (Å²) < 4.78 is 16.9. The number of aliphatic imine (C=N–C) groups is 1. The van der Waals surface area contributed by atoms with E-state index in [2.05, 4.69) is 27.5 Å². The number of hydrogen-bond donors (Lipinski definition) is 0. The molecule has 0 fully saturated rings. The summed E-state index contributed by atoms with van der Waals surface area (Å²) in [7, 11) is 3.24. The first-order chi connectivity index (χ1) is 11.2.